The van der Waals surface area contributed by atoms with E-state index < -0.39 is 18.0 Å². The summed E-state index contributed by atoms with van der Waals surface area (Å²) in [4.78, 5) is 28.4. The van der Waals surface area contributed by atoms with Crippen LogP contribution in [-0.4, -0.2) is 24.7 Å². The second-order valence-electron chi connectivity index (χ2n) is 7.35. The quantitative estimate of drug-likeness (QED) is 0.448. The van der Waals surface area contributed by atoms with E-state index in [2.05, 4.69) is 10.1 Å². The summed E-state index contributed by atoms with van der Waals surface area (Å²) in [6.45, 7) is 0.577. The summed E-state index contributed by atoms with van der Waals surface area (Å²) in [5.41, 5.74) is 1.31. The SMILES string of the molecule is O=C(Nc1ccc(C(=O)N2CCCCc3sc(Cl)cc32)cc1)c1ccccc1OC(F)(F)F. The van der Waals surface area contributed by atoms with Gasteiger partial charge in [-0.3, -0.25) is 9.59 Å². The van der Waals surface area contributed by atoms with Crippen LogP contribution < -0.4 is 15.0 Å². The molecule has 1 aliphatic rings. The van der Waals surface area contributed by atoms with Crippen LogP contribution in [0.1, 0.15) is 38.4 Å². The Morgan fingerprint density at radius 3 is 2.52 bits per heavy atom. The minimum absolute atomic E-state index is 0.186. The monoisotopic (exact) mass is 494 g/mol. The lowest BCUT2D eigenvalue weighted by Gasteiger charge is -2.21. The molecule has 0 radical (unpaired) electrons. The van der Waals surface area contributed by atoms with Crippen molar-refractivity contribution in [2.24, 2.45) is 0 Å². The number of nitrogens with one attached hydrogen (secondary N) is 1. The first-order valence-electron chi connectivity index (χ1n) is 10.1. The average Bonchev–Trinajstić information content (AvgIpc) is 3.02. The number of thiophene rings is 1. The molecule has 172 valence electrons. The van der Waals surface area contributed by atoms with Crippen LogP contribution in [0.25, 0.3) is 0 Å². The topological polar surface area (TPSA) is 58.6 Å². The van der Waals surface area contributed by atoms with Crippen LogP contribution in [0.15, 0.2) is 54.6 Å². The van der Waals surface area contributed by atoms with Gasteiger partial charge in [-0.2, -0.15) is 0 Å². The van der Waals surface area contributed by atoms with E-state index in [9.17, 15) is 22.8 Å². The third kappa shape index (κ3) is 5.48. The molecule has 3 aromatic rings. The van der Waals surface area contributed by atoms with Gasteiger partial charge in [-0.15, -0.1) is 24.5 Å². The molecule has 0 saturated heterocycles. The molecule has 1 N–H and O–H groups in total. The molecule has 33 heavy (non-hydrogen) atoms. The molecule has 0 bridgehead atoms. The van der Waals surface area contributed by atoms with Gasteiger partial charge in [0.1, 0.15) is 5.75 Å². The normalized spacial score (nSPS) is 13.8. The standard InChI is InChI=1S/C23H18ClF3N2O3S/c24-20-13-17-19(33-20)7-3-4-12-29(17)22(31)14-8-10-15(11-9-14)28-21(30)16-5-1-2-6-18(16)32-23(25,26)27/h1-2,5-6,8-11,13H,3-4,7,12H2,(H,28,30). The predicted molar refractivity (Wildman–Crippen MR) is 121 cm³/mol. The van der Waals surface area contributed by atoms with E-state index >= 15 is 0 Å². The van der Waals surface area contributed by atoms with Crippen LogP contribution in [0.4, 0.5) is 24.5 Å². The van der Waals surface area contributed by atoms with Gasteiger partial charge in [0, 0.05) is 22.7 Å². The summed E-state index contributed by atoms with van der Waals surface area (Å²) in [5.74, 6) is -1.55. The molecular formula is C23H18ClF3N2O3S. The Labute approximate surface area is 196 Å². The maximum Gasteiger partial charge on any atom is 0.573 e. The van der Waals surface area contributed by atoms with Crippen molar-refractivity contribution in [2.45, 2.75) is 25.6 Å². The molecule has 4 rings (SSSR count). The summed E-state index contributed by atoms with van der Waals surface area (Å²) in [7, 11) is 0. The summed E-state index contributed by atoms with van der Waals surface area (Å²) in [6.07, 6.45) is -2.20. The Kier molecular flexibility index (Phi) is 6.62. The van der Waals surface area contributed by atoms with Gasteiger partial charge in [0.2, 0.25) is 0 Å². The van der Waals surface area contributed by atoms with Crippen molar-refractivity contribution in [1.82, 2.24) is 0 Å². The summed E-state index contributed by atoms with van der Waals surface area (Å²) in [6, 6.07) is 13.1. The first-order valence-corrected chi connectivity index (χ1v) is 11.3. The van der Waals surface area contributed by atoms with E-state index in [0.717, 1.165) is 35.9 Å². The minimum Gasteiger partial charge on any atom is -0.405 e. The molecule has 1 aromatic heterocycles. The highest BCUT2D eigenvalue weighted by Crippen LogP contribution is 2.37. The number of carbonyl (C=O) groups is 2. The second kappa shape index (κ2) is 9.44. The third-order valence-corrected chi connectivity index (χ3v) is 6.39. The highest BCUT2D eigenvalue weighted by atomic mass is 35.5. The zero-order valence-corrected chi connectivity index (χ0v) is 18.7. The van der Waals surface area contributed by atoms with Crippen molar-refractivity contribution in [3.8, 4) is 5.75 Å². The van der Waals surface area contributed by atoms with Crippen LogP contribution in [0.2, 0.25) is 4.34 Å². The average molecular weight is 495 g/mol. The largest absolute Gasteiger partial charge is 0.573 e. The summed E-state index contributed by atoms with van der Waals surface area (Å²) >= 11 is 7.63. The molecule has 0 fully saturated rings. The van der Waals surface area contributed by atoms with Gasteiger partial charge < -0.3 is 15.0 Å². The fourth-order valence-electron chi connectivity index (χ4n) is 3.60. The van der Waals surface area contributed by atoms with Gasteiger partial charge >= 0.3 is 6.36 Å². The molecule has 0 spiro atoms. The van der Waals surface area contributed by atoms with Crippen molar-refractivity contribution in [1.29, 1.82) is 0 Å². The number of ether oxygens (including phenoxy) is 1. The maximum absolute atomic E-state index is 13.1. The van der Waals surface area contributed by atoms with E-state index in [4.69, 9.17) is 11.6 Å². The van der Waals surface area contributed by atoms with Crippen molar-refractivity contribution in [2.75, 3.05) is 16.8 Å². The van der Waals surface area contributed by atoms with Gasteiger partial charge in [-0.1, -0.05) is 23.7 Å². The third-order valence-electron chi connectivity index (χ3n) is 5.08. The molecule has 2 heterocycles. The molecule has 1 aliphatic heterocycles. The van der Waals surface area contributed by atoms with E-state index in [1.165, 1.54) is 41.7 Å². The van der Waals surface area contributed by atoms with Crippen molar-refractivity contribution in [3.63, 3.8) is 0 Å². The number of alkyl halides is 3. The van der Waals surface area contributed by atoms with E-state index in [0.29, 0.717) is 22.1 Å². The molecule has 0 aliphatic carbocycles. The van der Waals surface area contributed by atoms with E-state index in [-0.39, 0.29) is 11.5 Å². The van der Waals surface area contributed by atoms with Crippen molar-refractivity contribution >= 4 is 46.1 Å². The summed E-state index contributed by atoms with van der Waals surface area (Å²) in [5, 5.41) is 2.53. The van der Waals surface area contributed by atoms with Gasteiger partial charge in [0.05, 0.1) is 15.6 Å². The van der Waals surface area contributed by atoms with Crippen LogP contribution >= 0.6 is 22.9 Å². The lowest BCUT2D eigenvalue weighted by atomic mass is 10.1. The number of aryl methyl sites for hydroxylation is 1. The molecule has 2 amide bonds. The van der Waals surface area contributed by atoms with Crippen molar-refractivity contribution in [3.05, 3.63) is 74.9 Å². The van der Waals surface area contributed by atoms with Gasteiger partial charge in [0.15, 0.2) is 0 Å². The van der Waals surface area contributed by atoms with Crippen LogP contribution in [0.3, 0.4) is 0 Å². The number of anilines is 2. The molecule has 2 aromatic carbocycles. The molecule has 0 atom stereocenters. The molecule has 10 heteroatoms. The van der Waals surface area contributed by atoms with Gasteiger partial charge in [-0.25, -0.2) is 0 Å². The van der Waals surface area contributed by atoms with Crippen LogP contribution in [-0.2, 0) is 6.42 Å². The number of para-hydroxylation sites is 1. The fraction of sp³-hybridized carbons (Fsp3) is 0.217. The number of nitrogens with zero attached hydrogens (tertiary/aromatic N) is 1. The Balaban J connectivity index is 1.49. The Morgan fingerprint density at radius 2 is 1.79 bits per heavy atom. The van der Waals surface area contributed by atoms with Crippen molar-refractivity contribution < 1.29 is 27.5 Å². The first kappa shape index (κ1) is 23.1. The Bertz CT molecular complexity index is 1180. The highest BCUT2D eigenvalue weighted by Gasteiger charge is 2.33. The number of amides is 2. The minimum atomic E-state index is -4.92. The number of hydrogen-bond donors (Lipinski definition) is 1. The second-order valence-corrected chi connectivity index (χ2v) is 9.12. The van der Waals surface area contributed by atoms with E-state index in [1.54, 1.807) is 23.1 Å². The maximum atomic E-state index is 13.1. The number of fused-ring (bicyclic) bond motifs is 1. The number of halogens is 4. The van der Waals surface area contributed by atoms with Crippen LogP contribution in [0, 0.1) is 0 Å². The summed E-state index contributed by atoms with van der Waals surface area (Å²) < 4.78 is 42.4. The number of rotatable bonds is 4. The first-order chi connectivity index (χ1) is 15.7. The lowest BCUT2D eigenvalue weighted by Crippen LogP contribution is -2.31. The zero-order chi connectivity index (χ0) is 23.6. The number of carbonyl (C=O) groups excluding carboxylic acids is 2. The fourth-order valence-corrected chi connectivity index (χ4v) is 4.91. The highest BCUT2D eigenvalue weighted by molar-refractivity contribution is 7.16. The van der Waals surface area contributed by atoms with Crippen LogP contribution in [0.5, 0.6) is 5.75 Å². The smallest absolute Gasteiger partial charge is 0.405 e. The zero-order valence-electron chi connectivity index (χ0n) is 17.1. The Hall–Kier alpha value is -3.04. The molecular weight excluding hydrogens is 477 g/mol. The van der Waals surface area contributed by atoms with Gasteiger partial charge in [-0.05, 0) is 61.7 Å². The Morgan fingerprint density at radius 1 is 1.06 bits per heavy atom. The molecule has 5 nitrogen and oxygen atoms in total. The molecule has 0 saturated carbocycles. The van der Waals surface area contributed by atoms with Gasteiger partial charge in [0.25, 0.3) is 11.8 Å². The molecule has 0 unspecified atom stereocenters. The van der Waals surface area contributed by atoms with E-state index in [1.807, 2.05) is 0 Å². The number of benzene rings is 2. The predicted octanol–water partition coefficient (Wildman–Crippen LogP) is 6.54. The lowest BCUT2D eigenvalue weighted by molar-refractivity contribution is -0.274. The number of hydrogen-bond acceptors (Lipinski definition) is 4.